The SMILES string of the molecule is CCCCNC(=O)c1cc(N)ccc1Oc1ccc(C)cc1.Cl. The van der Waals surface area contributed by atoms with Gasteiger partial charge in [0.2, 0.25) is 0 Å². The molecule has 0 heterocycles. The third-order valence-corrected chi connectivity index (χ3v) is 3.31. The highest BCUT2D eigenvalue weighted by molar-refractivity contribution is 5.97. The van der Waals surface area contributed by atoms with Gasteiger partial charge in [-0.1, -0.05) is 31.0 Å². The summed E-state index contributed by atoms with van der Waals surface area (Å²) in [6.07, 6.45) is 1.98. The minimum Gasteiger partial charge on any atom is -0.457 e. The lowest BCUT2D eigenvalue weighted by Crippen LogP contribution is -2.24. The van der Waals surface area contributed by atoms with Crippen molar-refractivity contribution in [1.29, 1.82) is 0 Å². The van der Waals surface area contributed by atoms with Gasteiger partial charge in [-0.2, -0.15) is 0 Å². The summed E-state index contributed by atoms with van der Waals surface area (Å²) in [5.74, 6) is 1.04. The van der Waals surface area contributed by atoms with Crippen molar-refractivity contribution < 1.29 is 9.53 Å². The standard InChI is InChI=1S/C18H22N2O2.ClH/c1-3-4-11-20-18(21)16-12-14(19)7-10-17(16)22-15-8-5-13(2)6-9-15;/h5-10,12H,3-4,11,19H2,1-2H3,(H,20,21);1H. The molecule has 2 rings (SSSR count). The zero-order valence-electron chi connectivity index (χ0n) is 13.5. The average Bonchev–Trinajstić information content (AvgIpc) is 2.51. The number of amides is 1. The molecule has 0 bridgehead atoms. The van der Waals surface area contributed by atoms with Crippen molar-refractivity contribution in [3.8, 4) is 11.5 Å². The molecule has 0 aliphatic heterocycles. The highest BCUT2D eigenvalue weighted by Gasteiger charge is 2.13. The summed E-state index contributed by atoms with van der Waals surface area (Å²) < 4.78 is 5.83. The number of hydrogen-bond donors (Lipinski definition) is 2. The van der Waals surface area contributed by atoms with Gasteiger partial charge in [-0.3, -0.25) is 4.79 Å². The summed E-state index contributed by atoms with van der Waals surface area (Å²) >= 11 is 0. The van der Waals surface area contributed by atoms with E-state index in [1.54, 1.807) is 18.2 Å². The van der Waals surface area contributed by atoms with E-state index in [1.165, 1.54) is 0 Å². The minimum atomic E-state index is -0.164. The van der Waals surface area contributed by atoms with E-state index < -0.39 is 0 Å². The van der Waals surface area contributed by atoms with E-state index in [0.717, 1.165) is 18.4 Å². The largest absolute Gasteiger partial charge is 0.457 e. The third kappa shape index (κ3) is 5.49. The van der Waals surface area contributed by atoms with Crippen molar-refractivity contribution in [2.75, 3.05) is 12.3 Å². The second-order valence-electron chi connectivity index (χ2n) is 5.28. The quantitative estimate of drug-likeness (QED) is 0.610. The van der Waals surface area contributed by atoms with Crippen LogP contribution in [0.4, 0.5) is 5.69 Å². The number of benzene rings is 2. The van der Waals surface area contributed by atoms with E-state index in [2.05, 4.69) is 12.2 Å². The summed E-state index contributed by atoms with van der Waals surface area (Å²) in [6.45, 7) is 4.74. The molecular weight excluding hydrogens is 312 g/mol. The number of ether oxygens (including phenoxy) is 1. The minimum absolute atomic E-state index is 0. The number of unbranched alkanes of at least 4 members (excludes halogenated alkanes) is 1. The van der Waals surface area contributed by atoms with E-state index in [9.17, 15) is 4.79 Å². The fourth-order valence-corrected chi connectivity index (χ4v) is 2.02. The molecule has 0 unspecified atom stereocenters. The molecule has 0 aliphatic rings. The lowest BCUT2D eigenvalue weighted by molar-refractivity contribution is 0.0951. The molecule has 0 aliphatic carbocycles. The highest BCUT2D eigenvalue weighted by atomic mass is 35.5. The Kier molecular flexibility index (Phi) is 7.42. The molecule has 0 atom stereocenters. The van der Waals surface area contributed by atoms with Crippen LogP contribution in [-0.4, -0.2) is 12.5 Å². The monoisotopic (exact) mass is 334 g/mol. The van der Waals surface area contributed by atoms with Gasteiger partial charge in [0, 0.05) is 12.2 Å². The predicted molar refractivity (Wildman–Crippen MR) is 96.6 cm³/mol. The molecule has 1 amide bonds. The third-order valence-electron chi connectivity index (χ3n) is 3.31. The van der Waals surface area contributed by atoms with Crippen LogP contribution in [0, 0.1) is 6.92 Å². The predicted octanol–water partition coefficient (Wildman–Crippen LogP) is 4.32. The van der Waals surface area contributed by atoms with Crippen LogP contribution in [0.25, 0.3) is 0 Å². The zero-order chi connectivity index (χ0) is 15.9. The Morgan fingerprint density at radius 2 is 1.87 bits per heavy atom. The number of carbonyl (C=O) groups is 1. The Morgan fingerprint density at radius 3 is 2.52 bits per heavy atom. The first-order chi connectivity index (χ1) is 10.6. The normalized spacial score (nSPS) is 9.83. The van der Waals surface area contributed by atoms with Crippen molar-refractivity contribution in [1.82, 2.24) is 5.32 Å². The number of carbonyl (C=O) groups excluding carboxylic acids is 1. The molecule has 0 spiro atoms. The molecule has 3 N–H and O–H groups in total. The second kappa shape index (κ2) is 9.06. The van der Waals surface area contributed by atoms with Gasteiger partial charge >= 0.3 is 0 Å². The second-order valence-corrected chi connectivity index (χ2v) is 5.28. The van der Waals surface area contributed by atoms with Crippen LogP contribution in [0.15, 0.2) is 42.5 Å². The van der Waals surface area contributed by atoms with E-state index in [4.69, 9.17) is 10.5 Å². The van der Waals surface area contributed by atoms with E-state index >= 15 is 0 Å². The first-order valence-corrected chi connectivity index (χ1v) is 7.52. The Labute approximate surface area is 143 Å². The molecule has 0 fully saturated rings. The smallest absolute Gasteiger partial charge is 0.255 e. The van der Waals surface area contributed by atoms with Crippen molar-refractivity contribution >= 4 is 24.0 Å². The molecule has 23 heavy (non-hydrogen) atoms. The number of nitrogens with one attached hydrogen (secondary N) is 1. The number of aryl methyl sites for hydroxylation is 1. The molecule has 4 nitrogen and oxygen atoms in total. The van der Waals surface area contributed by atoms with Gasteiger partial charge in [0.15, 0.2) is 0 Å². The molecular formula is C18H23ClN2O2. The number of rotatable bonds is 6. The van der Waals surface area contributed by atoms with Gasteiger partial charge < -0.3 is 15.8 Å². The fraction of sp³-hybridized carbons (Fsp3) is 0.278. The summed E-state index contributed by atoms with van der Waals surface area (Å²) in [5.41, 5.74) is 7.95. The van der Waals surface area contributed by atoms with Gasteiger partial charge in [0.1, 0.15) is 11.5 Å². The van der Waals surface area contributed by atoms with Gasteiger partial charge in [-0.25, -0.2) is 0 Å². The van der Waals surface area contributed by atoms with E-state index in [1.807, 2.05) is 31.2 Å². The number of hydrogen-bond acceptors (Lipinski definition) is 3. The maximum Gasteiger partial charge on any atom is 0.255 e. The first kappa shape index (κ1) is 18.8. The van der Waals surface area contributed by atoms with Crippen molar-refractivity contribution in [2.24, 2.45) is 0 Å². The molecule has 0 radical (unpaired) electrons. The zero-order valence-corrected chi connectivity index (χ0v) is 14.3. The Bertz CT molecular complexity index is 642. The van der Waals surface area contributed by atoms with Gasteiger partial charge in [0.05, 0.1) is 5.56 Å². The number of nitrogens with two attached hydrogens (primary N) is 1. The fourth-order valence-electron chi connectivity index (χ4n) is 2.02. The summed E-state index contributed by atoms with van der Waals surface area (Å²) in [4.78, 5) is 12.3. The summed E-state index contributed by atoms with van der Waals surface area (Å²) in [7, 11) is 0. The van der Waals surface area contributed by atoms with Crippen molar-refractivity contribution in [3.63, 3.8) is 0 Å². The molecule has 2 aromatic carbocycles. The summed E-state index contributed by atoms with van der Waals surface area (Å²) in [6, 6.07) is 12.8. The molecule has 0 saturated carbocycles. The molecule has 0 saturated heterocycles. The van der Waals surface area contributed by atoms with Crippen LogP contribution in [0.3, 0.4) is 0 Å². The summed E-state index contributed by atoms with van der Waals surface area (Å²) in [5, 5.41) is 2.89. The van der Waals surface area contributed by atoms with Crippen LogP contribution in [-0.2, 0) is 0 Å². The number of halogens is 1. The van der Waals surface area contributed by atoms with Crippen LogP contribution >= 0.6 is 12.4 Å². The highest BCUT2D eigenvalue weighted by Crippen LogP contribution is 2.27. The van der Waals surface area contributed by atoms with Crippen molar-refractivity contribution in [2.45, 2.75) is 26.7 Å². The maximum atomic E-state index is 12.3. The first-order valence-electron chi connectivity index (χ1n) is 7.52. The number of nitrogen functional groups attached to an aromatic ring is 1. The molecule has 5 heteroatoms. The van der Waals surface area contributed by atoms with Crippen LogP contribution < -0.4 is 15.8 Å². The lowest BCUT2D eigenvalue weighted by Gasteiger charge is -2.12. The van der Waals surface area contributed by atoms with E-state index in [0.29, 0.717) is 29.3 Å². The van der Waals surface area contributed by atoms with Crippen LogP contribution in [0.1, 0.15) is 35.7 Å². The topological polar surface area (TPSA) is 64.4 Å². The van der Waals surface area contributed by atoms with Crippen LogP contribution in [0.5, 0.6) is 11.5 Å². The van der Waals surface area contributed by atoms with Gasteiger partial charge in [-0.15, -0.1) is 12.4 Å². The van der Waals surface area contributed by atoms with Crippen LogP contribution in [0.2, 0.25) is 0 Å². The average molecular weight is 335 g/mol. The van der Waals surface area contributed by atoms with Crippen molar-refractivity contribution in [3.05, 3.63) is 53.6 Å². The maximum absolute atomic E-state index is 12.3. The Hall–Kier alpha value is -2.20. The van der Waals surface area contributed by atoms with E-state index in [-0.39, 0.29) is 18.3 Å². The van der Waals surface area contributed by atoms with Gasteiger partial charge in [0.25, 0.3) is 5.91 Å². The molecule has 0 aromatic heterocycles. The molecule has 124 valence electrons. The Morgan fingerprint density at radius 1 is 1.17 bits per heavy atom. The Balaban J connectivity index is 0.00000264. The lowest BCUT2D eigenvalue weighted by atomic mass is 10.1. The van der Waals surface area contributed by atoms with Gasteiger partial charge in [-0.05, 0) is 43.7 Å². The molecule has 2 aromatic rings. The number of anilines is 1.